The Kier molecular flexibility index (Phi) is 3.84. The molecule has 0 saturated heterocycles. The summed E-state index contributed by atoms with van der Waals surface area (Å²) in [6.45, 7) is 0. The predicted octanol–water partition coefficient (Wildman–Crippen LogP) is 4.11. The number of nitrogens with one attached hydrogen (secondary N) is 1. The topological polar surface area (TPSA) is 55.1 Å². The Morgan fingerprint density at radius 3 is 2.62 bits per heavy atom. The number of hydrogen-bond donors (Lipinski definition) is 1. The summed E-state index contributed by atoms with van der Waals surface area (Å²) in [5.74, 6) is 1.50. The number of aromatic nitrogens is 4. The van der Waals surface area contributed by atoms with Crippen molar-refractivity contribution >= 4 is 28.8 Å². The van der Waals surface area contributed by atoms with Crippen LogP contribution in [-0.2, 0) is 6.42 Å². The maximum absolute atomic E-state index is 6.02. The molecule has 0 spiro atoms. The zero-order valence-corrected chi connectivity index (χ0v) is 13.5. The zero-order chi connectivity index (χ0) is 16.4. The van der Waals surface area contributed by atoms with Crippen LogP contribution in [-0.4, -0.2) is 19.8 Å². The Morgan fingerprint density at radius 1 is 0.917 bits per heavy atom. The van der Waals surface area contributed by atoms with Gasteiger partial charge >= 0.3 is 0 Å². The van der Waals surface area contributed by atoms with Gasteiger partial charge in [-0.2, -0.15) is 4.52 Å². The van der Waals surface area contributed by atoms with Crippen molar-refractivity contribution in [2.75, 3.05) is 5.32 Å². The summed E-state index contributed by atoms with van der Waals surface area (Å²) in [6.07, 6.45) is 0.676. The molecule has 2 aromatic heterocycles. The highest BCUT2D eigenvalue weighted by atomic mass is 35.5. The maximum atomic E-state index is 6.02. The van der Waals surface area contributed by atoms with E-state index in [0.717, 1.165) is 17.2 Å². The van der Waals surface area contributed by atoms with Crippen molar-refractivity contribution < 1.29 is 0 Å². The molecule has 1 N–H and O–H groups in total. The third-order valence-corrected chi connectivity index (χ3v) is 3.86. The van der Waals surface area contributed by atoms with Gasteiger partial charge in [0.2, 0.25) is 0 Å². The lowest BCUT2D eigenvalue weighted by molar-refractivity contribution is 0.842. The van der Waals surface area contributed by atoms with Gasteiger partial charge in [0.1, 0.15) is 0 Å². The number of rotatable bonds is 4. The SMILES string of the molecule is Clc1cccc(Nc2ccc3nnc(Cc4ccccc4)n3n2)c1. The summed E-state index contributed by atoms with van der Waals surface area (Å²) >= 11 is 6.02. The van der Waals surface area contributed by atoms with E-state index in [1.807, 2.05) is 54.6 Å². The van der Waals surface area contributed by atoms with Crippen molar-refractivity contribution in [1.29, 1.82) is 0 Å². The third-order valence-electron chi connectivity index (χ3n) is 3.63. The standard InChI is InChI=1S/C18H14ClN5/c19-14-7-4-8-15(12-14)20-16-9-10-17-21-22-18(24(17)23-16)11-13-5-2-1-3-6-13/h1-10,12H,11H2,(H,20,23). The Morgan fingerprint density at radius 2 is 1.79 bits per heavy atom. The van der Waals surface area contributed by atoms with Crippen molar-refractivity contribution in [3.8, 4) is 0 Å². The number of halogens is 1. The normalized spacial score (nSPS) is 10.9. The molecule has 4 aromatic rings. The number of hydrogen-bond acceptors (Lipinski definition) is 4. The quantitative estimate of drug-likeness (QED) is 0.609. The molecule has 2 heterocycles. The first-order valence-corrected chi connectivity index (χ1v) is 7.93. The Hall–Kier alpha value is -2.92. The van der Waals surface area contributed by atoms with E-state index in [0.29, 0.717) is 17.3 Å². The van der Waals surface area contributed by atoms with E-state index in [4.69, 9.17) is 11.6 Å². The summed E-state index contributed by atoms with van der Waals surface area (Å²) < 4.78 is 1.76. The molecular weight excluding hydrogens is 322 g/mol. The molecule has 0 saturated carbocycles. The van der Waals surface area contributed by atoms with Crippen LogP contribution in [0.2, 0.25) is 5.02 Å². The van der Waals surface area contributed by atoms with E-state index in [2.05, 4.69) is 32.7 Å². The van der Waals surface area contributed by atoms with Gasteiger partial charge in [0.15, 0.2) is 17.3 Å². The average molecular weight is 336 g/mol. The van der Waals surface area contributed by atoms with E-state index >= 15 is 0 Å². The van der Waals surface area contributed by atoms with Crippen LogP contribution in [0.4, 0.5) is 11.5 Å². The first-order chi connectivity index (χ1) is 11.8. The van der Waals surface area contributed by atoms with Crippen LogP contribution in [0.15, 0.2) is 66.7 Å². The van der Waals surface area contributed by atoms with Gasteiger partial charge in [0.25, 0.3) is 0 Å². The molecule has 118 valence electrons. The van der Waals surface area contributed by atoms with Crippen molar-refractivity contribution in [2.45, 2.75) is 6.42 Å². The second-order valence-corrected chi connectivity index (χ2v) is 5.84. The molecule has 0 aliphatic rings. The van der Waals surface area contributed by atoms with Gasteiger partial charge in [-0.3, -0.25) is 0 Å². The monoisotopic (exact) mass is 335 g/mol. The smallest absolute Gasteiger partial charge is 0.178 e. The highest BCUT2D eigenvalue weighted by Crippen LogP contribution is 2.19. The molecule has 5 nitrogen and oxygen atoms in total. The van der Waals surface area contributed by atoms with E-state index in [-0.39, 0.29) is 0 Å². The molecule has 4 rings (SSSR count). The second-order valence-electron chi connectivity index (χ2n) is 5.40. The third kappa shape index (κ3) is 3.07. The van der Waals surface area contributed by atoms with Crippen LogP contribution in [0, 0.1) is 0 Å². The van der Waals surface area contributed by atoms with E-state index in [1.54, 1.807) is 4.52 Å². The highest BCUT2D eigenvalue weighted by molar-refractivity contribution is 6.30. The van der Waals surface area contributed by atoms with Crippen LogP contribution < -0.4 is 5.32 Å². The minimum absolute atomic E-state index is 0.676. The fourth-order valence-corrected chi connectivity index (χ4v) is 2.69. The molecule has 0 radical (unpaired) electrons. The molecule has 0 aliphatic heterocycles. The lowest BCUT2D eigenvalue weighted by atomic mass is 10.1. The van der Waals surface area contributed by atoms with Crippen LogP contribution in [0.5, 0.6) is 0 Å². The van der Waals surface area contributed by atoms with Crippen LogP contribution in [0.25, 0.3) is 5.65 Å². The minimum atomic E-state index is 0.676. The minimum Gasteiger partial charge on any atom is -0.339 e. The van der Waals surface area contributed by atoms with Gasteiger partial charge < -0.3 is 5.32 Å². The summed E-state index contributed by atoms with van der Waals surface area (Å²) in [5, 5.41) is 16.9. The second kappa shape index (κ2) is 6.29. The lowest BCUT2D eigenvalue weighted by Gasteiger charge is -2.06. The molecular formula is C18H14ClN5. The Balaban J connectivity index is 1.65. The first-order valence-electron chi connectivity index (χ1n) is 7.56. The van der Waals surface area contributed by atoms with Gasteiger partial charge in [-0.1, -0.05) is 48.0 Å². The number of anilines is 2. The fourth-order valence-electron chi connectivity index (χ4n) is 2.50. The Bertz CT molecular complexity index is 981. The molecule has 6 heteroatoms. The van der Waals surface area contributed by atoms with E-state index in [9.17, 15) is 0 Å². The van der Waals surface area contributed by atoms with Crippen molar-refractivity contribution in [1.82, 2.24) is 19.8 Å². The largest absolute Gasteiger partial charge is 0.339 e. The number of fused-ring (bicyclic) bond motifs is 1. The van der Waals surface area contributed by atoms with Crippen molar-refractivity contribution in [2.24, 2.45) is 0 Å². The number of nitrogens with zero attached hydrogens (tertiary/aromatic N) is 4. The van der Waals surface area contributed by atoms with E-state index < -0.39 is 0 Å². The molecule has 24 heavy (non-hydrogen) atoms. The highest BCUT2D eigenvalue weighted by Gasteiger charge is 2.08. The average Bonchev–Trinajstić information content (AvgIpc) is 2.98. The van der Waals surface area contributed by atoms with Gasteiger partial charge in [-0.05, 0) is 35.9 Å². The lowest BCUT2D eigenvalue weighted by Crippen LogP contribution is -2.03. The molecule has 0 atom stereocenters. The summed E-state index contributed by atoms with van der Waals surface area (Å²) in [4.78, 5) is 0. The van der Waals surface area contributed by atoms with Gasteiger partial charge in [-0.25, -0.2) is 0 Å². The fraction of sp³-hybridized carbons (Fsp3) is 0.0556. The van der Waals surface area contributed by atoms with Crippen LogP contribution in [0.3, 0.4) is 0 Å². The van der Waals surface area contributed by atoms with Gasteiger partial charge in [0.05, 0.1) is 0 Å². The molecule has 0 unspecified atom stereocenters. The van der Waals surface area contributed by atoms with Crippen LogP contribution in [0.1, 0.15) is 11.4 Å². The molecule has 0 amide bonds. The molecule has 2 aromatic carbocycles. The predicted molar refractivity (Wildman–Crippen MR) is 94.8 cm³/mol. The van der Waals surface area contributed by atoms with Crippen molar-refractivity contribution in [3.63, 3.8) is 0 Å². The zero-order valence-electron chi connectivity index (χ0n) is 12.7. The maximum Gasteiger partial charge on any atom is 0.178 e. The Labute approximate surface area is 143 Å². The summed E-state index contributed by atoms with van der Waals surface area (Å²) in [6, 6.07) is 21.4. The van der Waals surface area contributed by atoms with Gasteiger partial charge in [-0.15, -0.1) is 15.3 Å². The summed E-state index contributed by atoms with van der Waals surface area (Å²) in [5.41, 5.74) is 2.77. The van der Waals surface area contributed by atoms with Crippen LogP contribution >= 0.6 is 11.6 Å². The number of benzene rings is 2. The molecule has 0 aliphatic carbocycles. The van der Waals surface area contributed by atoms with Crippen molar-refractivity contribution in [3.05, 3.63) is 83.1 Å². The molecule has 0 fully saturated rings. The van der Waals surface area contributed by atoms with Gasteiger partial charge in [0, 0.05) is 17.1 Å². The molecule has 0 bridgehead atoms. The summed E-state index contributed by atoms with van der Waals surface area (Å²) in [7, 11) is 0. The van der Waals surface area contributed by atoms with E-state index in [1.165, 1.54) is 5.56 Å². The first kappa shape index (κ1) is 14.7.